The zero-order valence-corrected chi connectivity index (χ0v) is 7.02. The molecule has 3 heteroatoms. The molecule has 2 N–H and O–H groups in total. The lowest BCUT2D eigenvalue weighted by molar-refractivity contribution is 0.629. The van der Waals surface area contributed by atoms with E-state index in [1.54, 1.807) is 0 Å². The molecular weight excluding hydrogens is 145 g/mol. The summed E-state index contributed by atoms with van der Waals surface area (Å²) in [6, 6.07) is 0.435. The van der Waals surface area contributed by atoms with Crippen molar-refractivity contribution < 1.29 is 0 Å². The molecule has 0 aliphatic heterocycles. The van der Waals surface area contributed by atoms with Crippen LogP contribution in [0.3, 0.4) is 0 Å². The average Bonchev–Trinajstić information content (AvgIpc) is 1.65. The molecule has 0 heterocycles. The van der Waals surface area contributed by atoms with Crippen molar-refractivity contribution in [3.05, 3.63) is 0 Å². The van der Waals surface area contributed by atoms with Crippen LogP contribution in [0.15, 0.2) is 0 Å². The predicted molar refractivity (Wildman–Crippen MR) is 43.1 cm³/mol. The van der Waals surface area contributed by atoms with Crippen LogP contribution in [-0.4, -0.2) is 6.04 Å². The van der Waals surface area contributed by atoms with Crippen LogP contribution in [-0.2, 0) is 0 Å². The van der Waals surface area contributed by atoms with E-state index in [1.807, 2.05) is 0 Å². The van der Waals surface area contributed by atoms with E-state index in [1.165, 1.54) is 0 Å². The van der Waals surface area contributed by atoms with Gasteiger partial charge in [-0.2, -0.15) is 0 Å². The molecule has 0 amide bonds. The molecule has 0 radical (unpaired) electrons. The van der Waals surface area contributed by atoms with Gasteiger partial charge < -0.3 is 5.73 Å². The Morgan fingerprint density at radius 3 is 1.38 bits per heavy atom. The van der Waals surface area contributed by atoms with E-state index in [-0.39, 0.29) is 24.8 Å². The van der Waals surface area contributed by atoms with Crippen molar-refractivity contribution in [2.24, 2.45) is 5.73 Å². The predicted octanol–water partition coefficient (Wildman–Crippen LogP) is 1.98. The smallest absolute Gasteiger partial charge is 0.00335 e. The fraction of sp³-hybridized carbons (Fsp3) is 1.00. The van der Waals surface area contributed by atoms with E-state index in [9.17, 15) is 0 Å². The maximum absolute atomic E-state index is 5.47. The lowest BCUT2D eigenvalue weighted by Gasteiger charge is -1.99. The van der Waals surface area contributed by atoms with Gasteiger partial charge in [0.2, 0.25) is 0 Å². The van der Waals surface area contributed by atoms with Gasteiger partial charge in [0.25, 0.3) is 0 Å². The fourth-order valence-electron chi connectivity index (χ4n) is 0.289. The van der Waals surface area contributed by atoms with Gasteiger partial charge in [-0.3, -0.25) is 0 Å². The molecule has 0 spiro atoms. The number of nitrogens with two attached hydrogens (primary N) is 1. The maximum atomic E-state index is 5.47. The van der Waals surface area contributed by atoms with Crippen LogP contribution in [0, 0.1) is 0 Å². The molecule has 54 valence electrons. The van der Waals surface area contributed by atoms with Crippen LogP contribution in [0.1, 0.15) is 26.7 Å². The van der Waals surface area contributed by atoms with Crippen LogP contribution in [0.4, 0.5) is 0 Å². The molecule has 0 aliphatic carbocycles. The Labute approximate surface area is 63.8 Å². The van der Waals surface area contributed by atoms with Gasteiger partial charge in [0.05, 0.1) is 0 Å². The zero-order chi connectivity index (χ0) is 4.99. The summed E-state index contributed by atoms with van der Waals surface area (Å²) in [5, 5.41) is 0. The average molecular weight is 160 g/mol. The molecule has 0 aromatic carbocycles. The first kappa shape index (κ1) is 15.8. The number of rotatable bonds is 2. The molecule has 1 nitrogen and oxygen atoms in total. The molecule has 0 aliphatic rings. The summed E-state index contributed by atoms with van der Waals surface area (Å²) in [4.78, 5) is 0. The topological polar surface area (TPSA) is 26.0 Å². The molecule has 0 fully saturated rings. The lowest BCUT2D eigenvalue weighted by atomic mass is 10.2. The summed E-state index contributed by atoms with van der Waals surface area (Å²) in [6.45, 7) is 4.21. The van der Waals surface area contributed by atoms with Crippen molar-refractivity contribution >= 4 is 24.8 Å². The number of halogens is 2. The third-order valence-corrected chi connectivity index (χ3v) is 1.05. The van der Waals surface area contributed by atoms with E-state index in [2.05, 4.69) is 13.8 Å². The Morgan fingerprint density at radius 1 is 1.12 bits per heavy atom. The first-order chi connectivity index (χ1) is 2.81. The number of hydrogen-bond donors (Lipinski definition) is 1. The minimum atomic E-state index is 0. The Balaban J connectivity index is -0.000000125. The van der Waals surface area contributed by atoms with Crippen molar-refractivity contribution in [2.75, 3.05) is 0 Å². The van der Waals surface area contributed by atoms with Gasteiger partial charge in [0.1, 0.15) is 0 Å². The Kier molecular flexibility index (Phi) is 20.8. The Bertz CT molecular complexity index is 29.6. The largest absolute Gasteiger partial charge is 0.328 e. The second kappa shape index (κ2) is 10.5. The summed E-state index contributed by atoms with van der Waals surface area (Å²) in [6.07, 6.45) is 2.22. The Hall–Kier alpha value is 0.540. The van der Waals surface area contributed by atoms with E-state index in [4.69, 9.17) is 5.73 Å². The second-order valence-electron chi connectivity index (χ2n) is 1.58. The van der Waals surface area contributed by atoms with Crippen LogP contribution in [0.5, 0.6) is 0 Å². The molecule has 0 bridgehead atoms. The molecule has 0 unspecified atom stereocenters. The van der Waals surface area contributed by atoms with Crippen LogP contribution in [0.25, 0.3) is 0 Å². The van der Waals surface area contributed by atoms with E-state index in [0.717, 1.165) is 12.8 Å². The summed E-state index contributed by atoms with van der Waals surface area (Å²) in [5.41, 5.74) is 5.47. The van der Waals surface area contributed by atoms with Crippen molar-refractivity contribution in [3.8, 4) is 0 Å². The summed E-state index contributed by atoms with van der Waals surface area (Å²) >= 11 is 0. The van der Waals surface area contributed by atoms with Crippen LogP contribution in [0.2, 0.25) is 0 Å². The molecule has 0 aromatic heterocycles. The summed E-state index contributed by atoms with van der Waals surface area (Å²) < 4.78 is 0. The van der Waals surface area contributed by atoms with Gasteiger partial charge in [0, 0.05) is 6.04 Å². The normalized spacial score (nSPS) is 7.50. The van der Waals surface area contributed by atoms with E-state index in [0.29, 0.717) is 6.04 Å². The molecule has 0 atom stereocenters. The van der Waals surface area contributed by atoms with Crippen molar-refractivity contribution in [3.63, 3.8) is 0 Å². The lowest BCUT2D eigenvalue weighted by Crippen LogP contribution is -2.16. The van der Waals surface area contributed by atoms with Gasteiger partial charge >= 0.3 is 0 Å². The van der Waals surface area contributed by atoms with Crippen LogP contribution < -0.4 is 5.73 Å². The van der Waals surface area contributed by atoms with Gasteiger partial charge in [-0.15, -0.1) is 24.8 Å². The molecular formula is C5H15Cl2N. The zero-order valence-electron chi connectivity index (χ0n) is 5.39. The molecule has 0 rings (SSSR count). The molecule has 0 saturated carbocycles. The number of hydrogen-bond acceptors (Lipinski definition) is 1. The highest BCUT2D eigenvalue weighted by atomic mass is 35.5. The van der Waals surface area contributed by atoms with Gasteiger partial charge in [0.15, 0.2) is 0 Å². The van der Waals surface area contributed by atoms with Gasteiger partial charge in [-0.25, -0.2) is 0 Å². The fourth-order valence-corrected chi connectivity index (χ4v) is 0.289. The maximum Gasteiger partial charge on any atom is 0.00335 e. The second-order valence-corrected chi connectivity index (χ2v) is 1.58. The quantitative estimate of drug-likeness (QED) is 0.656. The standard InChI is InChI=1S/C5H13N.2ClH/c1-3-5(6)4-2;;/h5H,3-4,6H2,1-2H3;2*1H. The van der Waals surface area contributed by atoms with Gasteiger partial charge in [-0.05, 0) is 12.8 Å². The van der Waals surface area contributed by atoms with Gasteiger partial charge in [-0.1, -0.05) is 13.8 Å². The summed E-state index contributed by atoms with van der Waals surface area (Å²) in [5.74, 6) is 0. The first-order valence-corrected chi connectivity index (χ1v) is 2.56. The first-order valence-electron chi connectivity index (χ1n) is 2.56. The molecule has 0 aromatic rings. The van der Waals surface area contributed by atoms with Crippen LogP contribution >= 0.6 is 24.8 Å². The van der Waals surface area contributed by atoms with Crippen molar-refractivity contribution in [2.45, 2.75) is 32.7 Å². The van der Waals surface area contributed by atoms with E-state index >= 15 is 0 Å². The van der Waals surface area contributed by atoms with Crippen molar-refractivity contribution in [1.29, 1.82) is 0 Å². The third-order valence-electron chi connectivity index (χ3n) is 1.05. The van der Waals surface area contributed by atoms with Crippen molar-refractivity contribution in [1.82, 2.24) is 0 Å². The third kappa shape index (κ3) is 9.74. The minimum absolute atomic E-state index is 0. The highest BCUT2D eigenvalue weighted by molar-refractivity contribution is 5.85. The Morgan fingerprint density at radius 2 is 1.38 bits per heavy atom. The highest BCUT2D eigenvalue weighted by Gasteiger charge is 1.88. The SMILES string of the molecule is CCC(N)CC.Cl.Cl. The summed E-state index contributed by atoms with van der Waals surface area (Å²) in [7, 11) is 0. The minimum Gasteiger partial charge on any atom is -0.328 e. The monoisotopic (exact) mass is 159 g/mol. The highest BCUT2D eigenvalue weighted by Crippen LogP contribution is 1.88. The molecule has 0 saturated heterocycles. The van der Waals surface area contributed by atoms with E-state index < -0.39 is 0 Å². The molecule has 8 heavy (non-hydrogen) atoms.